The van der Waals surface area contributed by atoms with Gasteiger partial charge in [0.2, 0.25) is 0 Å². The number of rotatable bonds is 2. The highest BCUT2D eigenvalue weighted by Gasteiger charge is 2.32. The van der Waals surface area contributed by atoms with Gasteiger partial charge in [-0.3, -0.25) is 4.79 Å². The van der Waals surface area contributed by atoms with Crippen LogP contribution in [-0.2, 0) is 0 Å². The van der Waals surface area contributed by atoms with Crippen LogP contribution in [0.2, 0.25) is 5.02 Å². The van der Waals surface area contributed by atoms with Crippen molar-refractivity contribution in [3.8, 4) is 11.3 Å². The van der Waals surface area contributed by atoms with Gasteiger partial charge in [0.1, 0.15) is 0 Å². The fourth-order valence-electron chi connectivity index (χ4n) is 3.42. The Bertz CT molecular complexity index is 713. The molecule has 0 saturated carbocycles. The Morgan fingerprint density at radius 3 is 2.83 bits per heavy atom. The van der Waals surface area contributed by atoms with Crippen LogP contribution in [0.15, 0.2) is 34.9 Å². The zero-order valence-corrected chi connectivity index (χ0v) is 13.4. The van der Waals surface area contributed by atoms with E-state index in [2.05, 4.69) is 10.5 Å². The molecule has 120 valence electrons. The van der Waals surface area contributed by atoms with E-state index in [1.54, 1.807) is 18.2 Å². The summed E-state index contributed by atoms with van der Waals surface area (Å²) in [5.74, 6) is 0.530. The van der Waals surface area contributed by atoms with E-state index >= 15 is 0 Å². The minimum absolute atomic E-state index is 0.0525. The zero-order chi connectivity index (χ0) is 15.8. The summed E-state index contributed by atoms with van der Waals surface area (Å²) >= 11 is 5.89. The van der Waals surface area contributed by atoms with Crippen molar-refractivity contribution < 1.29 is 9.32 Å². The molecule has 3 heterocycles. The Morgan fingerprint density at radius 1 is 1.22 bits per heavy atom. The molecule has 2 unspecified atom stereocenters. The normalized spacial score (nSPS) is 23.8. The van der Waals surface area contributed by atoms with E-state index in [1.807, 2.05) is 17.0 Å². The third-order valence-corrected chi connectivity index (χ3v) is 4.92. The number of nitrogens with one attached hydrogen (secondary N) is 1. The van der Waals surface area contributed by atoms with Crippen molar-refractivity contribution in [2.24, 2.45) is 0 Å². The molecule has 2 aromatic rings. The number of benzene rings is 1. The summed E-state index contributed by atoms with van der Waals surface area (Å²) in [5, 5.41) is 8.20. The van der Waals surface area contributed by atoms with Gasteiger partial charge in [-0.15, -0.1) is 0 Å². The third kappa shape index (κ3) is 2.99. The number of fused-ring (bicyclic) bond motifs is 2. The number of hydrogen-bond acceptors (Lipinski definition) is 4. The van der Waals surface area contributed by atoms with Gasteiger partial charge in [0.25, 0.3) is 5.91 Å². The quantitative estimate of drug-likeness (QED) is 0.919. The maximum atomic E-state index is 12.7. The first-order valence-corrected chi connectivity index (χ1v) is 8.35. The molecule has 1 aromatic carbocycles. The van der Waals surface area contributed by atoms with Gasteiger partial charge >= 0.3 is 0 Å². The molecule has 0 aliphatic carbocycles. The predicted molar refractivity (Wildman–Crippen MR) is 87.4 cm³/mol. The Balaban J connectivity index is 1.51. The number of carbonyl (C=O) groups excluding carboxylic acids is 1. The number of likely N-dealkylation sites (tertiary alicyclic amines) is 1. The highest BCUT2D eigenvalue weighted by Crippen LogP contribution is 2.24. The molecule has 1 amide bonds. The van der Waals surface area contributed by atoms with Crippen LogP contribution in [0.4, 0.5) is 0 Å². The van der Waals surface area contributed by atoms with Gasteiger partial charge in [-0.05, 0) is 43.5 Å². The largest absolute Gasteiger partial charge is 0.355 e. The average molecular weight is 332 g/mol. The monoisotopic (exact) mass is 331 g/mol. The predicted octanol–water partition coefficient (Wildman–Crippen LogP) is 2.96. The van der Waals surface area contributed by atoms with Crippen molar-refractivity contribution in [2.45, 2.75) is 31.3 Å². The molecular formula is C17H18ClN3O2. The van der Waals surface area contributed by atoms with Crippen molar-refractivity contribution >= 4 is 17.5 Å². The van der Waals surface area contributed by atoms with Crippen LogP contribution in [-0.4, -0.2) is 41.1 Å². The standard InChI is InChI=1S/C17H18ClN3O2/c18-12-3-1-11(2-4-12)16-9-15(20-23-16)17(22)21-8-7-13-5-6-14(10-21)19-13/h1-4,9,13-14,19H,5-8,10H2. The smallest absolute Gasteiger partial charge is 0.276 e. The molecule has 6 heteroatoms. The molecular weight excluding hydrogens is 314 g/mol. The highest BCUT2D eigenvalue weighted by atomic mass is 35.5. The number of nitrogens with zero attached hydrogens (tertiary/aromatic N) is 2. The van der Waals surface area contributed by atoms with E-state index in [4.69, 9.17) is 16.1 Å². The number of halogens is 1. The van der Waals surface area contributed by atoms with E-state index in [0.717, 1.165) is 31.5 Å². The molecule has 1 N–H and O–H groups in total. The Kier molecular flexibility index (Phi) is 3.83. The SMILES string of the molecule is O=C(c1cc(-c2ccc(Cl)cc2)on1)N1CCC2CCC(C1)N2. The molecule has 5 nitrogen and oxygen atoms in total. The second kappa shape index (κ2) is 5.98. The molecule has 0 radical (unpaired) electrons. The Hall–Kier alpha value is -1.85. The number of aromatic nitrogens is 1. The van der Waals surface area contributed by atoms with Gasteiger partial charge in [-0.25, -0.2) is 0 Å². The second-order valence-corrected chi connectivity index (χ2v) is 6.70. The highest BCUT2D eigenvalue weighted by molar-refractivity contribution is 6.30. The van der Waals surface area contributed by atoms with E-state index < -0.39 is 0 Å². The average Bonchev–Trinajstić information content (AvgIpc) is 3.14. The van der Waals surface area contributed by atoms with E-state index in [0.29, 0.717) is 28.6 Å². The molecule has 4 rings (SSSR count). The molecule has 2 bridgehead atoms. The van der Waals surface area contributed by atoms with E-state index in [-0.39, 0.29) is 5.91 Å². The lowest BCUT2D eigenvalue weighted by Gasteiger charge is -2.23. The van der Waals surface area contributed by atoms with Gasteiger partial charge in [-0.1, -0.05) is 16.8 Å². The minimum Gasteiger partial charge on any atom is -0.355 e. The number of carbonyl (C=O) groups is 1. The number of amides is 1. The fraction of sp³-hybridized carbons (Fsp3) is 0.412. The molecule has 2 atom stereocenters. The van der Waals surface area contributed by atoms with Crippen LogP contribution in [0.1, 0.15) is 29.8 Å². The maximum Gasteiger partial charge on any atom is 0.276 e. The van der Waals surface area contributed by atoms with Gasteiger partial charge in [0.05, 0.1) is 0 Å². The summed E-state index contributed by atoms with van der Waals surface area (Å²) in [6.45, 7) is 1.52. The zero-order valence-electron chi connectivity index (χ0n) is 12.7. The molecule has 2 saturated heterocycles. The fourth-order valence-corrected chi connectivity index (χ4v) is 3.54. The van der Waals surface area contributed by atoms with Crippen molar-refractivity contribution in [2.75, 3.05) is 13.1 Å². The minimum atomic E-state index is -0.0525. The van der Waals surface area contributed by atoms with Crippen molar-refractivity contribution in [1.82, 2.24) is 15.4 Å². The first kappa shape index (κ1) is 14.7. The van der Waals surface area contributed by atoms with Crippen LogP contribution >= 0.6 is 11.6 Å². The van der Waals surface area contributed by atoms with E-state index in [1.165, 1.54) is 6.42 Å². The molecule has 0 spiro atoms. The molecule has 2 fully saturated rings. The van der Waals surface area contributed by atoms with Crippen molar-refractivity contribution in [3.05, 3.63) is 41.0 Å². The first-order chi connectivity index (χ1) is 11.2. The van der Waals surface area contributed by atoms with Crippen LogP contribution < -0.4 is 5.32 Å². The summed E-state index contributed by atoms with van der Waals surface area (Å²) in [6, 6.07) is 9.96. The third-order valence-electron chi connectivity index (χ3n) is 4.67. The molecule has 23 heavy (non-hydrogen) atoms. The summed E-state index contributed by atoms with van der Waals surface area (Å²) in [6.07, 6.45) is 3.37. The summed E-state index contributed by atoms with van der Waals surface area (Å²) in [4.78, 5) is 14.6. The van der Waals surface area contributed by atoms with Crippen LogP contribution in [0, 0.1) is 0 Å². The second-order valence-electron chi connectivity index (χ2n) is 6.26. The van der Waals surface area contributed by atoms with Gasteiger partial charge in [0.15, 0.2) is 11.5 Å². The van der Waals surface area contributed by atoms with Crippen LogP contribution in [0.3, 0.4) is 0 Å². The lowest BCUT2D eigenvalue weighted by Crippen LogP contribution is -2.39. The van der Waals surface area contributed by atoms with Gasteiger partial charge < -0.3 is 14.7 Å². The first-order valence-electron chi connectivity index (χ1n) is 7.97. The van der Waals surface area contributed by atoms with Gasteiger partial charge in [-0.2, -0.15) is 0 Å². The van der Waals surface area contributed by atoms with E-state index in [9.17, 15) is 4.79 Å². The van der Waals surface area contributed by atoms with Crippen LogP contribution in [0.5, 0.6) is 0 Å². The molecule has 1 aromatic heterocycles. The maximum absolute atomic E-state index is 12.7. The van der Waals surface area contributed by atoms with Crippen molar-refractivity contribution in [3.63, 3.8) is 0 Å². The summed E-state index contributed by atoms with van der Waals surface area (Å²) in [7, 11) is 0. The van der Waals surface area contributed by atoms with Crippen molar-refractivity contribution in [1.29, 1.82) is 0 Å². The molecule has 2 aliphatic heterocycles. The lowest BCUT2D eigenvalue weighted by atomic mass is 10.1. The lowest BCUT2D eigenvalue weighted by molar-refractivity contribution is 0.0738. The van der Waals surface area contributed by atoms with Crippen LogP contribution in [0.25, 0.3) is 11.3 Å². The number of hydrogen-bond donors (Lipinski definition) is 1. The topological polar surface area (TPSA) is 58.4 Å². The van der Waals surface area contributed by atoms with Gasteiger partial charge in [0, 0.05) is 41.8 Å². The Labute approximate surface area is 139 Å². The Morgan fingerprint density at radius 2 is 2.00 bits per heavy atom. The summed E-state index contributed by atoms with van der Waals surface area (Å²) in [5.41, 5.74) is 1.23. The molecule has 2 aliphatic rings. The summed E-state index contributed by atoms with van der Waals surface area (Å²) < 4.78 is 5.34.